The van der Waals surface area contributed by atoms with Gasteiger partial charge in [-0.3, -0.25) is 5.41 Å². The second kappa shape index (κ2) is 5.41. The van der Waals surface area contributed by atoms with Crippen LogP contribution in [0, 0.1) is 5.41 Å². The van der Waals surface area contributed by atoms with Crippen LogP contribution in [0.3, 0.4) is 0 Å². The summed E-state index contributed by atoms with van der Waals surface area (Å²) in [7, 11) is 0. The Morgan fingerprint density at radius 2 is 2.09 bits per heavy atom. The standard InChI is InChI=1S/C18H20N2O3/c1-2-22-18(21)14-10-12-9-11-5-3-7-20-8-4-6-13(15(11)20)16(12)23-17(14)19/h9-10,19H,2-8H2,1H3. The van der Waals surface area contributed by atoms with Crippen molar-refractivity contribution in [3.8, 4) is 0 Å². The van der Waals surface area contributed by atoms with E-state index in [1.54, 1.807) is 13.0 Å². The van der Waals surface area contributed by atoms with Crippen LogP contribution in [0.4, 0.5) is 5.69 Å². The second-order valence-corrected chi connectivity index (χ2v) is 6.19. The first kappa shape index (κ1) is 14.3. The van der Waals surface area contributed by atoms with Crippen LogP contribution in [-0.2, 0) is 17.6 Å². The Morgan fingerprint density at radius 1 is 1.30 bits per heavy atom. The number of carbonyl (C=O) groups is 1. The van der Waals surface area contributed by atoms with Crippen molar-refractivity contribution in [1.29, 1.82) is 5.41 Å². The average molecular weight is 312 g/mol. The summed E-state index contributed by atoms with van der Waals surface area (Å²) in [4.78, 5) is 14.4. The monoisotopic (exact) mass is 312 g/mol. The van der Waals surface area contributed by atoms with Gasteiger partial charge in [0.25, 0.3) is 0 Å². The van der Waals surface area contributed by atoms with E-state index in [2.05, 4.69) is 11.0 Å². The summed E-state index contributed by atoms with van der Waals surface area (Å²) in [6, 6.07) is 3.88. The predicted octanol–water partition coefficient (Wildman–Crippen LogP) is 2.79. The maximum absolute atomic E-state index is 12.0. The van der Waals surface area contributed by atoms with Gasteiger partial charge in [0.05, 0.1) is 6.61 Å². The van der Waals surface area contributed by atoms with E-state index in [0.717, 1.165) is 49.7 Å². The summed E-state index contributed by atoms with van der Waals surface area (Å²) in [6.07, 6.45) is 4.30. The normalized spacial score (nSPS) is 16.3. The highest BCUT2D eigenvalue weighted by atomic mass is 16.5. The molecule has 4 rings (SSSR count). The Bertz CT molecular complexity index is 851. The Hall–Kier alpha value is -2.30. The van der Waals surface area contributed by atoms with Crippen LogP contribution in [0.2, 0.25) is 0 Å². The Morgan fingerprint density at radius 3 is 2.87 bits per heavy atom. The van der Waals surface area contributed by atoms with Crippen molar-refractivity contribution in [2.24, 2.45) is 0 Å². The zero-order valence-electron chi connectivity index (χ0n) is 13.3. The van der Waals surface area contributed by atoms with Crippen LogP contribution in [0.1, 0.15) is 41.3 Å². The number of aryl methyl sites for hydroxylation is 2. The first-order chi connectivity index (χ1) is 11.2. The predicted molar refractivity (Wildman–Crippen MR) is 86.9 cm³/mol. The lowest BCUT2D eigenvalue weighted by atomic mass is 9.90. The average Bonchev–Trinajstić information content (AvgIpc) is 2.56. The van der Waals surface area contributed by atoms with E-state index in [9.17, 15) is 4.79 Å². The molecule has 0 saturated carbocycles. The van der Waals surface area contributed by atoms with E-state index in [-0.39, 0.29) is 11.1 Å². The number of hydrogen-bond donors (Lipinski definition) is 1. The molecule has 0 saturated heterocycles. The molecule has 0 fully saturated rings. The molecule has 0 radical (unpaired) electrons. The minimum Gasteiger partial charge on any atom is -0.462 e. The van der Waals surface area contributed by atoms with Gasteiger partial charge in [0.1, 0.15) is 11.1 Å². The van der Waals surface area contributed by atoms with Crippen LogP contribution in [0.25, 0.3) is 11.0 Å². The van der Waals surface area contributed by atoms with Gasteiger partial charge in [0, 0.05) is 29.7 Å². The fraction of sp³-hybridized carbons (Fsp3) is 0.444. The molecule has 2 aliphatic heterocycles. The van der Waals surface area contributed by atoms with E-state index >= 15 is 0 Å². The number of nitrogens with one attached hydrogen (secondary N) is 1. The van der Waals surface area contributed by atoms with E-state index in [1.807, 2.05) is 0 Å². The van der Waals surface area contributed by atoms with Gasteiger partial charge < -0.3 is 14.1 Å². The summed E-state index contributed by atoms with van der Waals surface area (Å²) in [5, 5.41) is 8.96. The van der Waals surface area contributed by atoms with Gasteiger partial charge in [-0.1, -0.05) is 0 Å². The summed E-state index contributed by atoms with van der Waals surface area (Å²) in [5.74, 6) is -0.490. The number of rotatable bonds is 2. The topological polar surface area (TPSA) is 66.5 Å². The van der Waals surface area contributed by atoms with Gasteiger partial charge in [-0.2, -0.15) is 0 Å². The molecule has 0 bridgehead atoms. The Labute approximate surface area is 134 Å². The first-order valence-corrected chi connectivity index (χ1v) is 8.28. The van der Waals surface area contributed by atoms with Crippen molar-refractivity contribution in [3.05, 3.63) is 34.4 Å². The zero-order valence-corrected chi connectivity index (χ0v) is 13.3. The maximum atomic E-state index is 12.0. The molecule has 120 valence electrons. The quantitative estimate of drug-likeness (QED) is 0.866. The summed E-state index contributed by atoms with van der Waals surface area (Å²) >= 11 is 0. The van der Waals surface area contributed by atoms with Gasteiger partial charge in [0.15, 0.2) is 0 Å². The van der Waals surface area contributed by atoms with E-state index in [4.69, 9.17) is 14.6 Å². The van der Waals surface area contributed by atoms with Gasteiger partial charge in [-0.15, -0.1) is 0 Å². The number of carbonyl (C=O) groups excluding carboxylic acids is 1. The smallest absolute Gasteiger partial charge is 0.343 e. The maximum Gasteiger partial charge on any atom is 0.343 e. The number of esters is 1. The lowest BCUT2D eigenvalue weighted by molar-refractivity contribution is 0.0521. The number of anilines is 1. The van der Waals surface area contributed by atoms with Gasteiger partial charge in [0.2, 0.25) is 5.55 Å². The third-order valence-corrected chi connectivity index (χ3v) is 4.75. The molecular formula is C18H20N2O3. The Kier molecular flexibility index (Phi) is 3.36. The van der Waals surface area contributed by atoms with Crippen molar-refractivity contribution in [2.75, 3.05) is 24.6 Å². The van der Waals surface area contributed by atoms with Crippen molar-refractivity contribution in [1.82, 2.24) is 0 Å². The molecule has 0 atom stereocenters. The van der Waals surface area contributed by atoms with E-state index < -0.39 is 5.97 Å². The molecule has 0 amide bonds. The van der Waals surface area contributed by atoms with E-state index in [0.29, 0.717) is 6.61 Å². The summed E-state index contributed by atoms with van der Waals surface area (Å²) in [5.41, 5.74) is 4.69. The van der Waals surface area contributed by atoms with Gasteiger partial charge >= 0.3 is 5.97 Å². The number of benzene rings is 1. The third kappa shape index (κ3) is 2.22. The number of hydrogen-bond acceptors (Lipinski definition) is 5. The largest absolute Gasteiger partial charge is 0.462 e. The van der Waals surface area contributed by atoms with Crippen LogP contribution < -0.4 is 10.5 Å². The molecule has 0 aliphatic carbocycles. The van der Waals surface area contributed by atoms with Crippen molar-refractivity contribution in [2.45, 2.75) is 32.6 Å². The second-order valence-electron chi connectivity index (χ2n) is 6.19. The molecule has 0 spiro atoms. The number of ether oxygens (including phenoxy) is 1. The third-order valence-electron chi connectivity index (χ3n) is 4.75. The molecule has 5 heteroatoms. The number of fused-ring (bicyclic) bond motifs is 2. The van der Waals surface area contributed by atoms with Gasteiger partial charge in [-0.25, -0.2) is 4.79 Å². The molecule has 23 heavy (non-hydrogen) atoms. The summed E-state index contributed by atoms with van der Waals surface area (Å²) in [6.45, 7) is 4.25. The molecule has 3 heterocycles. The minimum atomic E-state index is -0.490. The Balaban J connectivity index is 1.96. The zero-order chi connectivity index (χ0) is 16.0. The van der Waals surface area contributed by atoms with Crippen molar-refractivity contribution >= 4 is 22.6 Å². The fourth-order valence-electron chi connectivity index (χ4n) is 3.82. The van der Waals surface area contributed by atoms with Gasteiger partial charge in [-0.05, 0) is 50.3 Å². The van der Waals surface area contributed by atoms with Crippen LogP contribution >= 0.6 is 0 Å². The first-order valence-electron chi connectivity index (χ1n) is 8.28. The summed E-state index contributed by atoms with van der Waals surface area (Å²) < 4.78 is 10.8. The molecule has 1 aromatic carbocycles. The highest BCUT2D eigenvalue weighted by Crippen LogP contribution is 2.39. The molecule has 5 nitrogen and oxygen atoms in total. The highest BCUT2D eigenvalue weighted by Gasteiger charge is 2.27. The fourth-order valence-corrected chi connectivity index (χ4v) is 3.82. The minimum absolute atomic E-state index is 0.111. The highest BCUT2D eigenvalue weighted by molar-refractivity contribution is 5.95. The van der Waals surface area contributed by atoms with Crippen LogP contribution in [-0.4, -0.2) is 25.7 Å². The van der Waals surface area contributed by atoms with Crippen molar-refractivity contribution in [3.63, 3.8) is 0 Å². The molecule has 2 aliphatic rings. The number of nitrogens with zero attached hydrogens (tertiary/aromatic N) is 1. The SMILES string of the molecule is CCOC(=O)c1cc2cc3c4c(c2oc1=N)CCCN4CCC3. The lowest BCUT2D eigenvalue weighted by Gasteiger charge is -2.37. The lowest BCUT2D eigenvalue weighted by Crippen LogP contribution is -2.34. The molecule has 1 N–H and O–H groups in total. The van der Waals surface area contributed by atoms with Crippen molar-refractivity contribution < 1.29 is 13.9 Å². The molecule has 0 unspecified atom stereocenters. The van der Waals surface area contributed by atoms with Crippen LogP contribution in [0.5, 0.6) is 0 Å². The van der Waals surface area contributed by atoms with Crippen LogP contribution in [0.15, 0.2) is 16.5 Å². The molecule has 2 aromatic rings. The molecule has 1 aromatic heterocycles. The van der Waals surface area contributed by atoms with E-state index in [1.165, 1.54) is 16.8 Å². The molecular weight excluding hydrogens is 292 g/mol.